The van der Waals surface area contributed by atoms with Crippen molar-refractivity contribution in [2.45, 2.75) is 26.8 Å². The number of hydrogen-bond acceptors (Lipinski definition) is 2. The molecule has 0 amide bonds. The van der Waals surface area contributed by atoms with Crippen molar-refractivity contribution in [1.82, 2.24) is 10.2 Å². The van der Waals surface area contributed by atoms with Crippen LogP contribution in [0.3, 0.4) is 0 Å². The maximum Gasteiger partial charge on any atom is 0.0132 e. The predicted molar refractivity (Wildman–Crippen MR) is 60.0 cm³/mol. The van der Waals surface area contributed by atoms with E-state index in [1.54, 1.807) is 0 Å². The molecule has 0 spiro atoms. The molecule has 0 aliphatic carbocycles. The molecule has 0 aliphatic rings. The molecule has 78 valence electrons. The zero-order valence-corrected chi connectivity index (χ0v) is 9.51. The van der Waals surface area contributed by atoms with E-state index in [1.807, 2.05) is 6.08 Å². The van der Waals surface area contributed by atoms with Crippen molar-refractivity contribution in [3.8, 4) is 0 Å². The molecule has 0 heterocycles. The molecule has 13 heavy (non-hydrogen) atoms. The second kappa shape index (κ2) is 7.10. The van der Waals surface area contributed by atoms with Gasteiger partial charge < -0.3 is 10.2 Å². The lowest BCUT2D eigenvalue weighted by atomic mass is 10.1. The molecule has 2 nitrogen and oxygen atoms in total. The predicted octanol–water partition coefficient (Wildman–Crippen LogP) is 1.74. The van der Waals surface area contributed by atoms with Crippen molar-refractivity contribution < 1.29 is 0 Å². The molecule has 0 aromatic carbocycles. The molecule has 2 heteroatoms. The average Bonchev–Trinajstić information content (AvgIpc) is 2.10. The highest BCUT2D eigenvalue weighted by Crippen LogP contribution is 2.06. The van der Waals surface area contributed by atoms with Crippen LogP contribution in [0.2, 0.25) is 0 Å². The fourth-order valence-electron chi connectivity index (χ4n) is 1.17. The van der Waals surface area contributed by atoms with Gasteiger partial charge in [-0.05, 0) is 19.9 Å². The second-order valence-electron chi connectivity index (χ2n) is 3.96. The summed E-state index contributed by atoms with van der Waals surface area (Å²) in [6, 6.07) is 0.658. The van der Waals surface area contributed by atoms with Crippen LogP contribution in [0.4, 0.5) is 0 Å². The van der Waals surface area contributed by atoms with E-state index >= 15 is 0 Å². The zero-order valence-electron chi connectivity index (χ0n) is 9.51. The summed E-state index contributed by atoms with van der Waals surface area (Å²) in [4.78, 5) is 2.39. The standard InChI is InChI=1S/C11H24N2/c1-6-7-12-8-9-13(5)11(4)10(2)3/h6,10-12H,1,7-9H2,2-5H3. The minimum Gasteiger partial charge on any atom is -0.312 e. The van der Waals surface area contributed by atoms with Gasteiger partial charge in [-0.3, -0.25) is 0 Å². The molecule has 1 N–H and O–H groups in total. The van der Waals surface area contributed by atoms with Crippen molar-refractivity contribution >= 4 is 0 Å². The molecular formula is C11H24N2. The molecular weight excluding hydrogens is 160 g/mol. The number of nitrogens with zero attached hydrogens (tertiary/aromatic N) is 1. The Morgan fingerprint density at radius 1 is 1.38 bits per heavy atom. The summed E-state index contributed by atoms with van der Waals surface area (Å²) in [6.45, 7) is 13.5. The van der Waals surface area contributed by atoms with Crippen LogP contribution in [-0.4, -0.2) is 37.6 Å². The number of likely N-dealkylation sites (N-methyl/N-ethyl adjacent to an activating group) is 1. The van der Waals surface area contributed by atoms with Crippen LogP contribution in [0, 0.1) is 5.92 Å². The van der Waals surface area contributed by atoms with Gasteiger partial charge in [0, 0.05) is 25.7 Å². The fourth-order valence-corrected chi connectivity index (χ4v) is 1.17. The van der Waals surface area contributed by atoms with Gasteiger partial charge in [-0.15, -0.1) is 6.58 Å². The smallest absolute Gasteiger partial charge is 0.0132 e. The van der Waals surface area contributed by atoms with Crippen molar-refractivity contribution in [3.05, 3.63) is 12.7 Å². The third kappa shape index (κ3) is 5.83. The molecule has 0 rings (SSSR count). The number of rotatable bonds is 7. The SMILES string of the molecule is C=CCNCCN(C)C(C)C(C)C. The lowest BCUT2D eigenvalue weighted by Gasteiger charge is -2.27. The molecule has 0 radical (unpaired) electrons. The third-order valence-electron chi connectivity index (χ3n) is 2.59. The Morgan fingerprint density at radius 2 is 2.00 bits per heavy atom. The van der Waals surface area contributed by atoms with E-state index in [0.717, 1.165) is 25.6 Å². The van der Waals surface area contributed by atoms with Crippen LogP contribution in [-0.2, 0) is 0 Å². The monoisotopic (exact) mass is 184 g/mol. The summed E-state index contributed by atoms with van der Waals surface area (Å²) in [6.07, 6.45) is 1.89. The maximum atomic E-state index is 3.66. The minimum atomic E-state index is 0.658. The Morgan fingerprint density at radius 3 is 2.46 bits per heavy atom. The highest BCUT2D eigenvalue weighted by Gasteiger charge is 2.11. The molecule has 0 saturated heterocycles. The molecule has 1 unspecified atom stereocenters. The second-order valence-corrected chi connectivity index (χ2v) is 3.96. The lowest BCUT2D eigenvalue weighted by molar-refractivity contribution is 0.209. The summed E-state index contributed by atoms with van der Waals surface area (Å²) in [5, 5.41) is 3.30. The largest absolute Gasteiger partial charge is 0.312 e. The highest BCUT2D eigenvalue weighted by atomic mass is 15.1. The first-order valence-electron chi connectivity index (χ1n) is 5.11. The molecule has 1 atom stereocenters. The van der Waals surface area contributed by atoms with Gasteiger partial charge in [-0.25, -0.2) is 0 Å². The van der Waals surface area contributed by atoms with E-state index in [4.69, 9.17) is 0 Å². The zero-order chi connectivity index (χ0) is 10.3. The van der Waals surface area contributed by atoms with Gasteiger partial charge in [0.2, 0.25) is 0 Å². The van der Waals surface area contributed by atoms with Crippen molar-refractivity contribution in [2.75, 3.05) is 26.7 Å². The Hall–Kier alpha value is -0.340. The van der Waals surface area contributed by atoms with E-state index in [2.05, 4.69) is 44.6 Å². The van der Waals surface area contributed by atoms with E-state index in [9.17, 15) is 0 Å². The van der Waals surface area contributed by atoms with Gasteiger partial charge in [0.05, 0.1) is 0 Å². The Bertz CT molecular complexity index is 132. The van der Waals surface area contributed by atoms with Crippen molar-refractivity contribution in [3.63, 3.8) is 0 Å². The van der Waals surface area contributed by atoms with Crippen molar-refractivity contribution in [2.24, 2.45) is 5.92 Å². The Labute approximate surface area is 83.0 Å². The third-order valence-corrected chi connectivity index (χ3v) is 2.59. The molecule has 0 aliphatic heterocycles. The summed E-state index contributed by atoms with van der Waals surface area (Å²) >= 11 is 0. The molecule has 0 fully saturated rings. The van der Waals surface area contributed by atoms with Crippen LogP contribution in [0.1, 0.15) is 20.8 Å². The molecule has 0 aromatic heterocycles. The van der Waals surface area contributed by atoms with Gasteiger partial charge >= 0.3 is 0 Å². The average molecular weight is 184 g/mol. The summed E-state index contributed by atoms with van der Waals surface area (Å²) in [7, 11) is 2.18. The Kier molecular flexibility index (Phi) is 6.92. The Balaban J connectivity index is 3.49. The fraction of sp³-hybridized carbons (Fsp3) is 0.818. The first-order valence-corrected chi connectivity index (χ1v) is 5.11. The van der Waals surface area contributed by atoms with Crippen LogP contribution in [0.25, 0.3) is 0 Å². The van der Waals surface area contributed by atoms with Gasteiger partial charge in [0.15, 0.2) is 0 Å². The minimum absolute atomic E-state index is 0.658. The molecule has 0 bridgehead atoms. The van der Waals surface area contributed by atoms with Gasteiger partial charge in [-0.1, -0.05) is 19.9 Å². The van der Waals surface area contributed by atoms with Gasteiger partial charge in [0.25, 0.3) is 0 Å². The van der Waals surface area contributed by atoms with E-state index < -0.39 is 0 Å². The summed E-state index contributed by atoms with van der Waals surface area (Å²) < 4.78 is 0. The highest BCUT2D eigenvalue weighted by molar-refractivity contribution is 4.71. The van der Waals surface area contributed by atoms with E-state index in [-0.39, 0.29) is 0 Å². The lowest BCUT2D eigenvalue weighted by Crippen LogP contribution is -2.38. The topological polar surface area (TPSA) is 15.3 Å². The van der Waals surface area contributed by atoms with Crippen LogP contribution in [0.5, 0.6) is 0 Å². The number of hydrogen-bond donors (Lipinski definition) is 1. The van der Waals surface area contributed by atoms with Crippen LogP contribution in [0.15, 0.2) is 12.7 Å². The van der Waals surface area contributed by atoms with E-state index in [1.165, 1.54) is 0 Å². The van der Waals surface area contributed by atoms with E-state index in [0.29, 0.717) is 6.04 Å². The first-order chi connectivity index (χ1) is 6.09. The molecule has 0 aromatic rings. The molecule has 0 saturated carbocycles. The van der Waals surface area contributed by atoms with Gasteiger partial charge in [0.1, 0.15) is 0 Å². The summed E-state index contributed by atoms with van der Waals surface area (Å²) in [5.74, 6) is 0.726. The van der Waals surface area contributed by atoms with Gasteiger partial charge in [-0.2, -0.15) is 0 Å². The maximum absolute atomic E-state index is 3.66. The number of nitrogens with one attached hydrogen (secondary N) is 1. The van der Waals surface area contributed by atoms with Crippen molar-refractivity contribution in [1.29, 1.82) is 0 Å². The normalized spacial score (nSPS) is 13.7. The quantitative estimate of drug-likeness (QED) is 0.479. The summed E-state index contributed by atoms with van der Waals surface area (Å²) in [5.41, 5.74) is 0. The van der Waals surface area contributed by atoms with Crippen LogP contribution >= 0.6 is 0 Å². The van der Waals surface area contributed by atoms with Crippen LogP contribution < -0.4 is 5.32 Å². The first kappa shape index (κ1) is 12.7.